The Labute approximate surface area is 187 Å². The second kappa shape index (κ2) is 8.37. The Kier molecular flexibility index (Phi) is 5.41. The number of amides is 1. The van der Waals surface area contributed by atoms with E-state index in [2.05, 4.69) is 24.3 Å². The molecule has 3 heterocycles. The van der Waals surface area contributed by atoms with E-state index in [1.165, 1.54) is 10.4 Å². The van der Waals surface area contributed by atoms with E-state index in [-0.39, 0.29) is 35.8 Å². The first kappa shape index (κ1) is 20.7. The predicted molar refractivity (Wildman–Crippen MR) is 117 cm³/mol. The molecule has 0 bridgehead atoms. The van der Waals surface area contributed by atoms with Gasteiger partial charge in [-0.2, -0.15) is 13.1 Å². The topological polar surface area (TPSA) is 131 Å². The second-order valence-electron chi connectivity index (χ2n) is 7.33. The fraction of sp³-hybridized carbons (Fsp3) is 0.250. The molecule has 1 fully saturated rings. The highest BCUT2D eigenvalue weighted by atomic mass is 32.2. The molecule has 1 aliphatic rings. The normalized spacial score (nSPS) is 15.8. The Morgan fingerprint density at radius 1 is 1.03 bits per heavy atom. The third-order valence-electron chi connectivity index (χ3n) is 5.37. The van der Waals surface area contributed by atoms with Gasteiger partial charge in [0.2, 0.25) is 21.8 Å². The maximum absolute atomic E-state index is 13.1. The van der Waals surface area contributed by atoms with Crippen LogP contribution in [0.5, 0.6) is 0 Å². The van der Waals surface area contributed by atoms with Crippen molar-refractivity contribution in [2.75, 3.05) is 18.4 Å². The number of sulfonamides is 1. The summed E-state index contributed by atoms with van der Waals surface area (Å²) in [6.07, 6.45) is 0.770. The van der Waals surface area contributed by atoms with Crippen molar-refractivity contribution in [3.63, 3.8) is 0 Å². The molecule has 1 amide bonds. The number of hydrogen-bond donors (Lipinski definition) is 1. The molecule has 0 atom stereocenters. The molecule has 0 unspecified atom stereocenters. The molecule has 1 N–H and O–H groups in total. The van der Waals surface area contributed by atoms with Crippen molar-refractivity contribution in [3.8, 4) is 11.5 Å². The van der Waals surface area contributed by atoms with Crippen LogP contribution in [-0.2, 0) is 14.8 Å². The van der Waals surface area contributed by atoms with Crippen LogP contribution in [0.2, 0.25) is 0 Å². The number of hydrogen-bond acceptors (Lipinski definition) is 9. The molecule has 32 heavy (non-hydrogen) atoms. The third kappa shape index (κ3) is 3.87. The summed E-state index contributed by atoms with van der Waals surface area (Å²) in [5, 5.41) is 10.5. The van der Waals surface area contributed by atoms with Crippen LogP contribution in [0, 0.1) is 5.92 Å². The van der Waals surface area contributed by atoms with Crippen LogP contribution in [-0.4, -0.2) is 50.7 Å². The zero-order chi connectivity index (χ0) is 22.1. The minimum absolute atomic E-state index is 0.0200. The molecule has 2 aromatic heterocycles. The van der Waals surface area contributed by atoms with Crippen LogP contribution in [0.25, 0.3) is 22.5 Å². The van der Waals surface area contributed by atoms with Gasteiger partial charge in [0.15, 0.2) is 0 Å². The van der Waals surface area contributed by atoms with Crippen molar-refractivity contribution in [2.24, 2.45) is 5.92 Å². The summed E-state index contributed by atoms with van der Waals surface area (Å²) in [6.45, 7) is 0.459. The van der Waals surface area contributed by atoms with E-state index in [4.69, 9.17) is 4.42 Å². The van der Waals surface area contributed by atoms with Gasteiger partial charge in [-0.1, -0.05) is 29.4 Å². The average molecular weight is 471 g/mol. The average Bonchev–Trinajstić information content (AvgIpc) is 3.49. The molecular formula is C20H18N6O4S2. The quantitative estimate of drug-likeness (QED) is 0.471. The van der Waals surface area contributed by atoms with Crippen LogP contribution in [0.15, 0.2) is 57.8 Å². The molecule has 164 valence electrons. The molecular weight excluding hydrogens is 452 g/mol. The SMILES string of the molecule is O=C(Nc1nnc(-c2ccccc2)o1)C1CCN(S(=O)(=O)c2cccc3nsnc23)CC1. The zero-order valence-electron chi connectivity index (χ0n) is 16.7. The zero-order valence-corrected chi connectivity index (χ0v) is 18.3. The molecule has 2 aromatic carbocycles. The largest absolute Gasteiger partial charge is 0.403 e. The van der Waals surface area contributed by atoms with E-state index in [0.717, 1.165) is 17.3 Å². The first-order chi connectivity index (χ1) is 15.5. The van der Waals surface area contributed by atoms with Crippen LogP contribution in [0.3, 0.4) is 0 Å². The van der Waals surface area contributed by atoms with Crippen molar-refractivity contribution in [1.29, 1.82) is 0 Å². The highest BCUT2D eigenvalue weighted by Crippen LogP contribution is 2.28. The molecule has 0 spiro atoms. The highest BCUT2D eigenvalue weighted by Gasteiger charge is 2.34. The summed E-state index contributed by atoms with van der Waals surface area (Å²) in [5.74, 6) is -0.311. The fourth-order valence-electron chi connectivity index (χ4n) is 3.67. The van der Waals surface area contributed by atoms with E-state index < -0.39 is 10.0 Å². The molecule has 10 nitrogen and oxygen atoms in total. The number of rotatable bonds is 5. The number of carbonyl (C=O) groups is 1. The lowest BCUT2D eigenvalue weighted by Crippen LogP contribution is -2.41. The first-order valence-corrected chi connectivity index (χ1v) is 12.1. The lowest BCUT2D eigenvalue weighted by atomic mass is 9.97. The number of piperidine rings is 1. The van der Waals surface area contributed by atoms with Gasteiger partial charge in [0.1, 0.15) is 15.9 Å². The Morgan fingerprint density at radius 3 is 2.59 bits per heavy atom. The first-order valence-electron chi connectivity index (χ1n) is 9.93. The van der Waals surface area contributed by atoms with E-state index in [1.807, 2.05) is 30.3 Å². The van der Waals surface area contributed by atoms with Gasteiger partial charge in [0, 0.05) is 24.6 Å². The standard InChI is InChI=1S/C20H18N6O4S2/c27-18(21-20-23-22-19(30-20)14-5-2-1-3-6-14)13-9-11-26(12-10-13)32(28,29)16-8-4-7-15-17(16)25-31-24-15/h1-8,13H,9-12H2,(H,21,23,27). The monoisotopic (exact) mass is 470 g/mol. The van der Waals surface area contributed by atoms with E-state index in [9.17, 15) is 13.2 Å². The van der Waals surface area contributed by atoms with Crippen molar-refractivity contribution in [2.45, 2.75) is 17.7 Å². The predicted octanol–water partition coefficient (Wildman–Crippen LogP) is 2.78. The third-order valence-corrected chi connectivity index (χ3v) is 7.84. The van der Waals surface area contributed by atoms with E-state index >= 15 is 0 Å². The van der Waals surface area contributed by atoms with Crippen LogP contribution in [0.4, 0.5) is 6.01 Å². The van der Waals surface area contributed by atoms with Gasteiger partial charge in [-0.05, 0) is 37.1 Å². The molecule has 12 heteroatoms. The number of aromatic nitrogens is 4. The Bertz CT molecular complexity index is 1360. The van der Waals surface area contributed by atoms with Crippen molar-refractivity contribution in [3.05, 3.63) is 48.5 Å². The van der Waals surface area contributed by atoms with Gasteiger partial charge in [0.25, 0.3) is 0 Å². The number of carbonyl (C=O) groups excluding carboxylic acids is 1. The summed E-state index contributed by atoms with van der Waals surface area (Å²) < 4.78 is 41.4. The smallest absolute Gasteiger partial charge is 0.322 e. The summed E-state index contributed by atoms with van der Waals surface area (Å²) >= 11 is 0.979. The lowest BCUT2D eigenvalue weighted by molar-refractivity contribution is -0.121. The van der Waals surface area contributed by atoms with Gasteiger partial charge in [0.05, 0.1) is 11.7 Å². The highest BCUT2D eigenvalue weighted by molar-refractivity contribution is 7.89. The molecule has 1 saturated heterocycles. The molecule has 4 aromatic rings. The minimum atomic E-state index is -3.73. The van der Waals surface area contributed by atoms with Crippen LogP contribution >= 0.6 is 11.7 Å². The summed E-state index contributed by atoms with van der Waals surface area (Å²) in [4.78, 5) is 12.8. The minimum Gasteiger partial charge on any atom is -0.403 e. The van der Waals surface area contributed by atoms with Gasteiger partial charge >= 0.3 is 6.01 Å². The number of anilines is 1. The fourth-order valence-corrected chi connectivity index (χ4v) is 5.89. The summed E-state index contributed by atoms with van der Waals surface area (Å²) in [5.41, 5.74) is 1.69. The van der Waals surface area contributed by atoms with Crippen molar-refractivity contribution >= 4 is 44.7 Å². The Morgan fingerprint density at radius 2 is 1.81 bits per heavy atom. The summed E-state index contributed by atoms with van der Waals surface area (Å²) in [6, 6.07) is 14.2. The lowest BCUT2D eigenvalue weighted by Gasteiger charge is -2.30. The number of nitrogens with one attached hydrogen (secondary N) is 1. The second-order valence-corrected chi connectivity index (χ2v) is 9.77. The van der Waals surface area contributed by atoms with Gasteiger partial charge < -0.3 is 4.42 Å². The molecule has 0 saturated carbocycles. The number of nitrogens with zero attached hydrogens (tertiary/aromatic N) is 5. The summed E-state index contributed by atoms with van der Waals surface area (Å²) in [7, 11) is -3.73. The molecule has 0 radical (unpaired) electrons. The molecule has 1 aliphatic heterocycles. The maximum Gasteiger partial charge on any atom is 0.322 e. The van der Waals surface area contributed by atoms with E-state index in [1.54, 1.807) is 12.1 Å². The van der Waals surface area contributed by atoms with Crippen molar-refractivity contribution < 1.29 is 17.6 Å². The van der Waals surface area contributed by atoms with Crippen molar-refractivity contribution in [1.82, 2.24) is 23.2 Å². The maximum atomic E-state index is 13.1. The number of fused-ring (bicyclic) bond motifs is 1. The van der Waals surface area contributed by atoms with Crippen LogP contribution in [0.1, 0.15) is 12.8 Å². The molecule has 5 rings (SSSR count). The van der Waals surface area contributed by atoms with Crippen LogP contribution < -0.4 is 5.32 Å². The number of benzene rings is 2. The van der Waals surface area contributed by atoms with Gasteiger partial charge in [-0.25, -0.2) is 8.42 Å². The van der Waals surface area contributed by atoms with E-state index in [0.29, 0.717) is 29.8 Å². The Balaban J connectivity index is 1.23. The molecule has 0 aliphatic carbocycles. The van der Waals surface area contributed by atoms with Gasteiger partial charge in [-0.15, -0.1) is 5.10 Å². The van der Waals surface area contributed by atoms with Gasteiger partial charge in [-0.3, -0.25) is 10.1 Å². The Hall–Kier alpha value is -3.22.